The van der Waals surface area contributed by atoms with Crippen LogP contribution in [0, 0.1) is 0 Å². The smallest absolute Gasteiger partial charge is 0.233 e. The van der Waals surface area contributed by atoms with Gasteiger partial charge in [0.1, 0.15) is 0 Å². The van der Waals surface area contributed by atoms with Crippen LogP contribution < -0.4 is 10.6 Å². The second-order valence-corrected chi connectivity index (χ2v) is 5.28. The number of rotatable bonds is 6. The zero-order chi connectivity index (χ0) is 11.2. The highest BCUT2D eigenvalue weighted by molar-refractivity contribution is 7.89. The van der Waals surface area contributed by atoms with Crippen LogP contribution in [0.1, 0.15) is 0 Å². The minimum atomic E-state index is -3.21. The first-order chi connectivity index (χ1) is 6.40. The quantitative estimate of drug-likeness (QED) is 0.557. The van der Waals surface area contributed by atoms with Gasteiger partial charge in [-0.3, -0.25) is 4.79 Å². The van der Waals surface area contributed by atoms with E-state index in [9.17, 15) is 13.2 Å². The summed E-state index contributed by atoms with van der Waals surface area (Å²) >= 11 is 0. The van der Waals surface area contributed by atoms with Gasteiger partial charge in [-0.1, -0.05) is 0 Å². The van der Waals surface area contributed by atoms with Crippen molar-refractivity contribution in [2.24, 2.45) is 0 Å². The first kappa shape index (κ1) is 13.3. The fraction of sp³-hybridized carbons (Fsp3) is 0.857. The maximum Gasteiger partial charge on any atom is 0.233 e. The first-order valence-electron chi connectivity index (χ1n) is 4.21. The van der Waals surface area contributed by atoms with Gasteiger partial charge in [-0.25, -0.2) is 12.7 Å². The van der Waals surface area contributed by atoms with Crippen LogP contribution in [0.15, 0.2) is 0 Å². The highest BCUT2D eigenvalue weighted by Gasteiger charge is 2.13. The van der Waals surface area contributed by atoms with E-state index >= 15 is 0 Å². The van der Waals surface area contributed by atoms with Gasteiger partial charge < -0.3 is 10.6 Å². The Bertz CT molecular complexity index is 274. The van der Waals surface area contributed by atoms with Gasteiger partial charge in [-0.15, -0.1) is 0 Å². The Balaban J connectivity index is 3.80. The number of amides is 1. The Morgan fingerprint density at radius 3 is 2.36 bits per heavy atom. The molecule has 0 saturated heterocycles. The molecular weight excluding hydrogens is 206 g/mol. The molecule has 0 aromatic heterocycles. The van der Waals surface area contributed by atoms with E-state index in [1.807, 2.05) is 0 Å². The average molecular weight is 223 g/mol. The lowest BCUT2D eigenvalue weighted by Crippen LogP contribution is -2.37. The number of nitrogens with one attached hydrogen (secondary N) is 2. The molecule has 0 spiro atoms. The zero-order valence-corrected chi connectivity index (χ0v) is 9.52. The molecule has 0 saturated carbocycles. The summed E-state index contributed by atoms with van der Waals surface area (Å²) in [6.07, 6.45) is 0. The topological polar surface area (TPSA) is 78.5 Å². The fourth-order valence-corrected chi connectivity index (χ4v) is 1.45. The first-order valence-corrected chi connectivity index (χ1v) is 5.82. The van der Waals surface area contributed by atoms with Gasteiger partial charge in [0.2, 0.25) is 15.9 Å². The van der Waals surface area contributed by atoms with Crippen molar-refractivity contribution in [1.29, 1.82) is 0 Å². The highest BCUT2D eigenvalue weighted by atomic mass is 32.2. The second-order valence-electron chi connectivity index (χ2n) is 2.98. The summed E-state index contributed by atoms with van der Waals surface area (Å²) in [5.41, 5.74) is 0. The minimum absolute atomic E-state index is 0.0740. The molecule has 0 aliphatic rings. The van der Waals surface area contributed by atoms with E-state index in [1.54, 1.807) is 7.05 Å². The van der Waals surface area contributed by atoms with Crippen LogP contribution in [0.5, 0.6) is 0 Å². The van der Waals surface area contributed by atoms with E-state index in [1.165, 1.54) is 14.1 Å². The SMILES string of the molecule is CNCC(=O)NCCS(=O)(=O)N(C)C. The minimum Gasteiger partial charge on any atom is -0.354 e. The Kier molecular flexibility index (Phi) is 5.66. The molecule has 0 rings (SSSR count). The zero-order valence-electron chi connectivity index (χ0n) is 8.70. The van der Waals surface area contributed by atoms with E-state index in [0.29, 0.717) is 0 Å². The normalized spacial score (nSPS) is 11.7. The standard InChI is InChI=1S/C7H17N3O3S/c1-8-6-7(11)9-4-5-14(12,13)10(2)3/h8H,4-6H2,1-3H3,(H,9,11). The number of sulfonamides is 1. The molecule has 84 valence electrons. The monoisotopic (exact) mass is 223 g/mol. The van der Waals surface area contributed by atoms with Gasteiger partial charge in [0.15, 0.2) is 0 Å². The largest absolute Gasteiger partial charge is 0.354 e. The van der Waals surface area contributed by atoms with Crippen molar-refractivity contribution in [3.63, 3.8) is 0 Å². The van der Waals surface area contributed by atoms with Crippen LogP contribution in [0.3, 0.4) is 0 Å². The van der Waals surface area contributed by atoms with Crippen molar-refractivity contribution in [1.82, 2.24) is 14.9 Å². The number of carbonyl (C=O) groups excluding carboxylic acids is 1. The molecule has 6 nitrogen and oxygen atoms in total. The third-order valence-electron chi connectivity index (χ3n) is 1.58. The number of likely N-dealkylation sites (N-methyl/N-ethyl adjacent to an activating group) is 1. The predicted octanol–water partition coefficient (Wildman–Crippen LogP) is -1.79. The van der Waals surface area contributed by atoms with Gasteiger partial charge in [-0.05, 0) is 7.05 Å². The average Bonchev–Trinajstić information content (AvgIpc) is 2.04. The third-order valence-corrected chi connectivity index (χ3v) is 3.41. The van der Waals surface area contributed by atoms with Gasteiger partial charge >= 0.3 is 0 Å². The Morgan fingerprint density at radius 1 is 1.36 bits per heavy atom. The predicted molar refractivity (Wildman–Crippen MR) is 54.4 cm³/mol. The fourth-order valence-electron chi connectivity index (χ4n) is 0.725. The van der Waals surface area contributed by atoms with Gasteiger partial charge in [0.05, 0.1) is 12.3 Å². The third kappa shape index (κ3) is 5.15. The van der Waals surface area contributed by atoms with Crippen molar-refractivity contribution in [2.75, 3.05) is 40.0 Å². The van der Waals surface area contributed by atoms with Gasteiger partial charge in [0.25, 0.3) is 0 Å². The van der Waals surface area contributed by atoms with E-state index in [-0.39, 0.29) is 24.7 Å². The molecule has 0 atom stereocenters. The lowest BCUT2D eigenvalue weighted by atomic mass is 10.5. The molecule has 0 fully saturated rings. The lowest BCUT2D eigenvalue weighted by molar-refractivity contribution is -0.120. The summed E-state index contributed by atoms with van der Waals surface area (Å²) in [6.45, 7) is 0.336. The second kappa shape index (κ2) is 5.94. The molecule has 0 unspecified atom stereocenters. The Hall–Kier alpha value is -0.660. The summed E-state index contributed by atoms with van der Waals surface area (Å²) in [6, 6.07) is 0. The molecular formula is C7H17N3O3S. The molecule has 1 amide bonds. The summed E-state index contributed by atoms with van der Waals surface area (Å²) in [5, 5.41) is 5.15. The summed E-state index contributed by atoms with van der Waals surface area (Å²) in [4.78, 5) is 10.9. The Labute approximate surface area is 84.7 Å². The molecule has 7 heteroatoms. The molecule has 14 heavy (non-hydrogen) atoms. The molecule has 0 bridgehead atoms. The molecule has 2 N–H and O–H groups in total. The van der Waals surface area contributed by atoms with Crippen LogP contribution in [0.25, 0.3) is 0 Å². The van der Waals surface area contributed by atoms with Crippen LogP contribution in [-0.2, 0) is 14.8 Å². The van der Waals surface area contributed by atoms with Crippen molar-refractivity contribution in [2.45, 2.75) is 0 Å². The maximum atomic E-state index is 11.2. The number of hydrogen-bond donors (Lipinski definition) is 2. The molecule has 0 radical (unpaired) electrons. The van der Waals surface area contributed by atoms with Crippen molar-refractivity contribution >= 4 is 15.9 Å². The van der Waals surface area contributed by atoms with Crippen LogP contribution >= 0.6 is 0 Å². The van der Waals surface area contributed by atoms with E-state index in [0.717, 1.165) is 4.31 Å². The summed E-state index contributed by atoms with van der Waals surface area (Å²) in [5.74, 6) is -0.281. The van der Waals surface area contributed by atoms with E-state index < -0.39 is 10.0 Å². The van der Waals surface area contributed by atoms with Gasteiger partial charge in [-0.2, -0.15) is 0 Å². The van der Waals surface area contributed by atoms with Crippen LogP contribution in [0.4, 0.5) is 0 Å². The number of hydrogen-bond acceptors (Lipinski definition) is 4. The summed E-state index contributed by atoms with van der Waals surface area (Å²) < 4.78 is 23.6. The number of nitrogens with zero attached hydrogens (tertiary/aromatic N) is 1. The molecule has 0 aromatic rings. The highest BCUT2D eigenvalue weighted by Crippen LogP contribution is 1.91. The maximum absolute atomic E-state index is 11.2. The Morgan fingerprint density at radius 2 is 1.93 bits per heavy atom. The lowest BCUT2D eigenvalue weighted by Gasteiger charge is -2.11. The number of carbonyl (C=O) groups is 1. The van der Waals surface area contributed by atoms with Crippen LogP contribution in [0.2, 0.25) is 0 Å². The molecule has 0 heterocycles. The van der Waals surface area contributed by atoms with Crippen molar-refractivity contribution in [3.05, 3.63) is 0 Å². The van der Waals surface area contributed by atoms with Crippen molar-refractivity contribution in [3.8, 4) is 0 Å². The molecule has 0 aliphatic carbocycles. The van der Waals surface area contributed by atoms with E-state index in [4.69, 9.17) is 0 Å². The van der Waals surface area contributed by atoms with Crippen molar-refractivity contribution < 1.29 is 13.2 Å². The van der Waals surface area contributed by atoms with Gasteiger partial charge in [0, 0.05) is 20.6 Å². The molecule has 0 aliphatic heterocycles. The van der Waals surface area contributed by atoms with E-state index in [2.05, 4.69) is 10.6 Å². The van der Waals surface area contributed by atoms with Crippen LogP contribution in [-0.4, -0.2) is 58.6 Å². The summed E-state index contributed by atoms with van der Waals surface area (Å²) in [7, 11) is 1.36. The molecule has 0 aromatic carbocycles.